The molecule has 1 saturated heterocycles. The molecule has 1 N–H and O–H groups in total. The minimum atomic E-state index is -0.0899. The summed E-state index contributed by atoms with van der Waals surface area (Å²) in [5.41, 5.74) is 5.93. The molecule has 0 radical (unpaired) electrons. The van der Waals surface area contributed by atoms with Crippen molar-refractivity contribution in [1.29, 1.82) is 0 Å². The quantitative estimate of drug-likeness (QED) is 0.621. The van der Waals surface area contributed by atoms with E-state index in [-0.39, 0.29) is 11.4 Å². The number of aryl methyl sites for hydroxylation is 1. The van der Waals surface area contributed by atoms with Crippen LogP contribution in [-0.4, -0.2) is 23.2 Å². The topological polar surface area (TPSA) is 44.7 Å². The van der Waals surface area contributed by atoms with Crippen LogP contribution in [0.15, 0.2) is 52.4 Å². The van der Waals surface area contributed by atoms with Crippen LogP contribution < -0.4 is 10.2 Å². The molecule has 1 amide bonds. The number of nitrogens with one attached hydrogen (secondary N) is 1. The second kappa shape index (κ2) is 7.95. The summed E-state index contributed by atoms with van der Waals surface area (Å²) in [4.78, 5) is 20.2. The summed E-state index contributed by atoms with van der Waals surface area (Å²) >= 11 is 1.40. The molecule has 0 spiro atoms. The monoisotopic (exact) mass is 419 g/mol. The van der Waals surface area contributed by atoms with Gasteiger partial charge in [-0.2, -0.15) is 0 Å². The Balaban J connectivity index is 1.60. The summed E-state index contributed by atoms with van der Waals surface area (Å²) in [6.45, 7) is 12.2. The maximum Gasteiger partial charge on any atom is 0.264 e. The number of rotatable bonds is 3. The van der Waals surface area contributed by atoms with E-state index in [1.54, 1.807) is 0 Å². The number of hydrogen-bond acceptors (Lipinski definition) is 4. The molecule has 0 aliphatic carbocycles. The number of amidine groups is 1. The third-order valence-electron chi connectivity index (χ3n) is 5.94. The summed E-state index contributed by atoms with van der Waals surface area (Å²) in [5.74, 6) is 0.396. The van der Waals surface area contributed by atoms with E-state index in [0.29, 0.717) is 16.0 Å². The highest BCUT2D eigenvalue weighted by atomic mass is 32.2. The van der Waals surface area contributed by atoms with Gasteiger partial charge in [0.15, 0.2) is 5.17 Å². The molecule has 0 unspecified atom stereocenters. The standard InChI is InChI=1S/C25H29N3OS/c1-6-28-21-12-9-18(13-20(21)17(3)15-25(28,4)5)14-22-23(29)27-24(30-22)26-19-10-7-16(2)8-11-19/h7-14,17H,6,15H2,1-5H3,(H,26,27,29)/b22-14-/t17-/m1/s1. The van der Waals surface area contributed by atoms with Crippen molar-refractivity contribution in [2.24, 2.45) is 4.99 Å². The first kappa shape index (κ1) is 20.7. The molecule has 30 heavy (non-hydrogen) atoms. The Kier molecular flexibility index (Phi) is 5.49. The Bertz CT molecular complexity index is 1040. The lowest BCUT2D eigenvalue weighted by molar-refractivity contribution is -0.115. The molecule has 2 aliphatic heterocycles. The van der Waals surface area contributed by atoms with Crippen LogP contribution in [0.1, 0.15) is 56.7 Å². The Morgan fingerprint density at radius 2 is 1.97 bits per heavy atom. The molecule has 2 aromatic carbocycles. The van der Waals surface area contributed by atoms with Gasteiger partial charge < -0.3 is 10.2 Å². The van der Waals surface area contributed by atoms with Gasteiger partial charge in [0.2, 0.25) is 0 Å². The zero-order valence-electron chi connectivity index (χ0n) is 18.3. The van der Waals surface area contributed by atoms with Crippen molar-refractivity contribution in [2.75, 3.05) is 11.4 Å². The lowest BCUT2D eigenvalue weighted by atomic mass is 9.79. The highest BCUT2D eigenvalue weighted by molar-refractivity contribution is 8.18. The molecule has 156 valence electrons. The number of thioether (sulfide) groups is 1. The molecule has 2 aromatic rings. The Hall–Kier alpha value is -2.53. The minimum absolute atomic E-state index is 0.0899. The molecule has 0 saturated carbocycles. The summed E-state index contributed by atoms with van der Waals surface area (Å²) in [6.07, 6.45) is 3.09. The Labute approximate surface area is 183 Å². The summed E-state index contributed by atoms with van der Waals surface area (Å²) in [6, 6.07) is 14.5. The second-order valence-corrected chi connectivity index (χ2v) is 9.83. The van der Waals surface area contributed by atoms with Crippen LogP contribution in [0.3, 0.4) is 0 Å². The van der Waals surface area contributed by atoms with Crippen LogP contribution in [0, 0.1) is 6.92 Å². The molecule has 2 aliphatic rings. The lowest BCUT2D eigenvalue weighted by Crippen LogP contribution is -2.48. The Morgan fingerprint density at radius 1 is 1.23 bits per heavy atom. The molecule has 0 aromatic heterocycles. The summed E-state index contributed by atoms with van der Waals surface area (Å²) < 4.78 is 0. The van der Waals surface area contributed by atoms with Crippen LogP contribution in [-0.2, 0) is 4.79 Å². The van der Waals surface area contributed by atoms with Crippen molar-refractivity contribution >= 4 is 40.3 Å². The Morgan fingerprint density at radius 3 is 2.67 bits per heavy atom. The maximum atomic E-state index is 12.5. The molecular formula is C25H29N3OS. The van der Waals surface area contributed by atoms with E-state index < -0.39 is 0 Å². The second-order valence-electron chi connectivity index (χ2n) is 8.80. The van der Waals surface area contributed by atoms with Crippen molar-refractivity contribution < 1.29 is 4.79 Å². The van der Waals surface area contributed by atoms with Gasteiger partial charge in [-0.1, -0.05) is 30.7 Å². The number of hydrogen-bond donors (Lipinski definition) is 1. The van der Waals surface area contributed by atoms with E-state index in [1.807, 2.05) is 37.3 Å². The number of aliphatic imine (C=N–C) groups is 1. The smallest absolute Gasteiger partial charge is 0.264 e. The average Bonchev–Trinajstić information content (AvgIpc) is 3.02. The lowest BCUT2D eigenvalue weighted by Gasteiger charge is -2.47. The number of nitrogens with zero attached hydrogens (tertiary/aromatic N) is 2. The fourth-order valence-electron chi connectivity index (χ4n) is 4.57. The van der Waals surface area contributed by atoms with Crippen LogP contribution in [0.25, 0.3) is 6.08 Å². The van der Waals surface area contributed by atoms with E-state index in [0.717, 1.165) is 24.2 Å². The maximum absolute atomic E-state index is 12.5. The molecular weight excluding hydrogens is 390 g/mol. The molecule has 1 fully saturated rings. The molecule has 5 heteroatoms. The van der Waals surface area contributed by atoms with Crippen molar-refractivity contribution in [2.45, 2.75) is 52.5 Å². The van der Waals surface area contributed by atoms with Crippen molar-refractivity contribution in [3.63, 3.8) is 0 Å². The zero-order valence-corrected chi connectivity index (χ0v) is 19.1. The highest BCUT2D eigenvalue weighted by Crippen LogP contribution is 2.43. The summed E-state index contributed by atoms with van der Waals surface area (Å²) in [5, 5.41) is 3.51. The zero-order chi connectivity index (χ0) is 21.5. The first-order valence-corrected chi connectivity index (χ1v) is 11.4. The van der Waals surface area contributed by atoms with Gasteiger partial charge >= 0.3 is 0 Å². The van der Waals surface area contributed by atoms with Crippen molar-refractivity contribution in [1.82, 2.24) is 5.32 Å². The molecule has 4 rings (SSSR count). The fraction of sp³-hybridized carbons (Fsp3) is 0.360. The van der Waals surface area contributed by atoms with Crippen LogP contribution in [0.4, 0.5) is 11.4 Å². The number of carbonyl (C=O) groups is 1. The highest BCUT2D eigenvalue weighted by Gasteiger charge is 2.35. The average molecular weight is 420 g/mol. The summed E-state index contributed by atoms with van der Waals surface area (Å²) in [7, 11) is 0. The number of amides is 1. The van der Waals surface area contributed by atoms with E-state index in [9.17, 15) is 4.79 Å². The van der Waals surface area contributed by atoms with Crippen LogP contribution in [0.2, 0.25) is 0 Å². The van der Waals surface area contributed by atoms with Crippen LogP contribution in [0.5, 0.6) is 0 Å². The molecule has 0 bridgehead atoms. The molecule has 1 atom stereocenters. The van der Waals surface area contributed by atoms with E-state index >= 15 is 0 Å². The third kappa shape index (κ3) is 4.04. The number of carbonyl (C=O) groups excluding carboxylic acids is 1. The van der Waals surface area contributed by atoms with Gasteiger partial charge in [-0.25, -0.2) is 4.99 Å². The number of fused-ring (bicyclic) bond motifs is 1. The van der Waals surface area contributed by atoms with Gasteiger partial charge in [-0.15, -0.1) is 0 Å². The van der Waals surface area contributed by atoms with E-state index in [4.69, 9.17) is 0 Å². The van der Waals surface area contributed by atoms with E-state index in [1.165, 1.54) is 28.6 Å². The van der Waals surface area contributed by atoms with Gasteiger partial charge in [0.1, 0.15) is 0 Å². The normalized spacial score (nSPS) is 23.0. The predicted octanol–water partition coefficient (Wildman–Crippen LogP) is 6.00. The molecule has 2 heterocycles. The van der Waals surface area contributed by atoms with Gasteiger partial charge in [0, 0.05) is 17.8 Å². The van der Waals surface area contributed by atoms with Gasteiger partial charge in [-0.3, -0.25) is 4.79 Å². The van der Waals surface area contributed by atoms with Crippen molar-refractivity contribution in [3.05, 3.63) is 64.1 Å². The minimum Gasteiger partial charge on any atom is -0.366 e. The first-order chi connectivity index (χ1) is 14.3. The largest absolute Gasteiger partial charge is 0.366 e. The number of anilines is 1. The fourth-order valence-corrected chi connectivity index (χ4v) is 5.41. The van der Waals surface area contributed by atoms with Crippen LogP contribution >= 0.6 is 11.8 Å². The molecule has 4 nitrogen and oxygen atoms in total. The third-order valence-corrected chi connectivity index (χ3v) is 6.85. The van der Waals surface area contributed by atoms with Gasteiger partial charge in [0.25, 0.3) is 5.91 Å². The predicted molar refractivity (Wildman–Crippen MR) is 129 cm³/mol. The van der Waals surface area contributed by atoms with Gasteiger partial charge in [0.05, 0.1) is 10.6 Å². The SMILES string of the molecule is CCN1c2ccc(/C=C3\SC(=Nc4ccc(C)cc4)NC3=O)cc2[C@H](C)CC1(C)C. The van der Waals surface area contributed by atoms with Crippen molar-refractivity contribution in [3.8, 4) is 0 Å². The first-order valence-electron chi connectivity index (χ1n) is 10.5. The van der Waals surface area contributed by atoms with E-state index in [2.05, 4.69) is 61.1 Å². The van der Waals surface area contributed by atoms with Gasteiger partial charge in [-0.05, 0) is 93.3 Å². The number of benzene rings is 2.